The molecule has 2 aromatic rings. The van der Waals surface area contributed by atoms with Gasteiger partial charge in [-0.05, 0) is 56.2 Å². The predicted octanol–water partition coefficient (Wildman–Crippen LogP) is 3.32. The molecule has 0 saturated heterocycles. The van der Waals surface area contributed by atoms with Crippen LogP contribution in [0.3, 0.4) is 0 Å². The highest BCUT2D eigenvalue weighted by Gasteiger charge is 2.44. The third-order valence-corrected chi connectivity index (χ3v) is 6.24. The summed E-state index contributed by atoms with van der Waals surface area (Å²) >= 11 is 0. The number of rotatable bonds is 8. The fraction of sp³-hybridized carbons (Fsp3) is 0.346. The molecule has 1 aliphatic carbocycles. The van der Waals surface area contributed by atoms with E-state index in [9.17, 15) is 9.59 Å². The van der Waals surface area contributed by atoms with Gasteiger partial charge in [0.25, 0.3) is 0 Å². The van der Waals surface area contributed by atoms with Gasteiger partial charge < -0.3 is 15.8 Å². The minimum atomic E-state index is -0.389. The number of nitrogens with zero attached hydrogens (tertiary/aromatic N) is 1. The molecule has 1 amide bonds. The molecule has 33 heavy (non-hydrogen) atoms. The van der Waals surface area contributed by atoms with Crippen molar-refractivity contribution in [1.29, 1.82) is 5.41 Å². The monoisotopic (exact) mass is 447 g/mol. The van der Waals surface area contributed by atoms with Crippen LogP contribution in [0.15, 0.2) is 42.5 Å². The first kappa shape index (κ1) is 24.0. The Labute approximate surface area is 195 Å². The number of anilines is 1. The number of hydrogen-bond donors (Lipinski definition) is 3. The van der Waals surface area contributed by atoms with E-state index in [1.165, 1.54) is 7.11 Å². The van der Waals surface area contributed by atoms with E-state index in [-0.39, 0.29) is 28.9 Å². The second-order valence-electron chi connectivity index (χ2n) is 8.36. The van der Waals surface area contributed by atoms with Gasteiger partial charge in [0.05, 0.1) is 13.7 Å². The maximum atomic E-state index is 12.4. The topological polar surface area (TPSA) is 105 Å². The summed E-state index contributed by atoms with van der Waals surface area (Å²) < 4.78 is 4.89. The minimum absolute atomic E-state index is 0.00285. The fourth-order valence-corrected chi connectivity index (χ4v) is 4.49. The minimum Gasteiger partial charge on any atom is -0.465 e. The molecular formula is C26H31N4O3+. The number of hydrogen-bond acceptors (Lipinski definition) is 5. The standard InChI is InChI=1S/C26H31N4O3/c1-19-16-20(6-5-15-29-22-12-10-21(11-13-22)26(27)28)9-14-24(19)30(18-31,17-25(32)33-2)23-7-3-4-8-23/h9-14,16,18,23,29H,3-4,7-8,15,17H2,1-2H3,(H3,27,28)/q+1. The summed E-state index contributed by atoms with van der Waals surface area (Å²) in [7, 11) is 1.35. The molecule has 0 bridgehead atoms. The number of amidine groups is 1. The molecule has 7 nitrogen and oxygen atoms in total. The van der Waals surface area contributed by atoms with Gasteiger partial charge in [0.15, 0.2) is 6.54 Å². The summed E-state index contributed by atoms with van der Waals surface area (Å²) in [5.41, 5.74) is 9.65. The third-order valence-electron chi connectivity index (χ3n) is 6.24. The lowest BCUT2D eigenvalue weighted by atomic mass is 10.0. The largest absolute Gasteiger partial charge is 0.465 e. The lowest BCUT2D eigenvalue weighted by molar-refractivity contribution is -0.144. The zero-order valence-electron chi connectivity index (χ0n) is 19.2. The van der Waals surface area contributed by atoms with Crippen molar-refractivity contribution in [3.63, 3.8) is 0 Å². The zero-order valence-corrected chi connectivity index (χ0v) is 19.2. The highest BCUT2D eigenvalue weighted by Crippen LogP contribution is 2.36. The summed E-state index contributed by atoms with van der Waals surface area (Å²) in [6.07, 6.45) is 4.85. The number of ether oxygens (including phenoxy) is 1. The normalized spacial score (nSPS) is 15.1. The smallest absolute Gasteiger partial charge is 0.362 e. The first-order valence-corrected chi connectivity index (χ1v) is 11.1. The second-order valence-corrected chi connectivity index (χ2v) is 8.36. The van der Waals surface area contributed by atoms with Crippen molar-refractivity contribution >= 4 is 29.6 Å². The van der Waals surface area contributed by atoms with Crippen molar-refractivity contribution in [2.45, 2.75) is 38.6 Å². The van der Waals surface area contributed by atoms with Crippen molar-refractivity contribution in [3.05, 3.63) is 59.2 Å². The Hall–Kier alpha value is -3.63. The number of nitrogens with one attached hydrogen (secondary N) is 2. The van der Waals surface area contributed by atoms with Gasteiger partial charge in [0.1, 0.15) is 17.6 Å². The summed E-state index contributed by atoms with van der Waals surface area (Å²) in [4.78, 5) is 24.6. The Bertz CT molecular complexity index is 1080. The highest BCUT2D eigenvalue weighted by atomic mass is 16.5. The molecule has 3 rings (SSSR count). The maximum Gasteiger partial charge on any atom is 0.362 e. The average Bonchev–Trinajstić information content (AvgIpc) is 3.36. The molecule has 4 N–H and O–H groups in total. The van der Waals surface area contributed by atoms with E-state index in [1.54, 1.807) is 12.1 Å². The zero-order chi connectivity index (χ0) is 23.8. The molecule has 0 aromatic heterocycles. The molecule has 0 aliphatic heterocycles. The van der Waals surface area contributed by atoms with Gasteiger partial charge in [-0.2, -0.15) is 0 Å². The molecule has 0 heterocycles. The molecular weight excluding hydrogens is 416 g/mol. The molecule has 172 valence electrons. The molecule has 7 heteroatoms. The van der Waals surface area contributed by atoms with Crippen LogP contribution in [0.5, 0.6) is 0 Å². The molecule has 0 spiro atoms. The SMILES string of the molecule is COC(=O)C[N+](C=O)(c1ccc(C#CCNc2ccc(C(=N)N)cc2)cc1C)C1CCCC1. The van der Waals surface area contributed by atoms with E-state index in [0.29, 0.717) is 12.1 Å². The fourth-order valence-electron chi connectivity index (χ4n) is 4.49. The van der Waals surface area contributed by atoms with Crippen LogP contribution < -0.4 is 15.5 Å². The summed E-state index contributed by atoms with van der Waals surface area (Å²) in [6, 6.07) is 13.2. The van der Waals surface area contributed by atoms with Gasteiger partial charge >= 0.3 is 12.4 Å². The second kappa shape index (κ2) is 10.8. The van der Waals surface area contributed by atoms with Crippen LogP contribution in [0, 0.1) is 24.2 Å². The number of aryl methyl sites for hydroxylation is 1. The van der Waals surface area contributed by atoms with Crippen molar-refractivity contribution in [2.24, 2.45) is 5.73 Å². The van der Waals surface area contributed by atoms with Crippen LogP contribution in [0.2, 0.25) is 0 Å². The highest BCUT2D eigenvalue weighted by molar-refractivity contribution is 5.95. The van der Waals surface area contributed by atoms with Crippen molar-refractivity contribution in [1.82, 2.24) is 4.48 Å². The molecule has 1 unspecified atom stereocenters. The maximum absolute atomic E-state index is 12.4. The van der Waals surface area contributed by atoms with Crippen LogP contribution >= 0.6 is 0 Å². The van der Waals surface area contributed by atoms with Gasteiger partial charge in [-0.3, -0.25) is 5.41 Å². The van der Waals surface area contributed by atoms with E-state index in [0.717, 1.165) is 54.6 Å². The third kappa shape index (κ3) is 5.60. The predicted molar refractivity (Wildman–Crippen MR) is 131 cm³/mol. The number of carbonyl (C=O) groups is 2. The number of benzene rings is 2. The first-order valence-electron chi connectivity index (χ1n) is 11.1. The van der Waals surface area contributed by atoms with Crippen LogP contribution in [0.25, 0.3) is 0 Å². The van der Waals surface area contributed by atoms with Crippen molar-refractivity contribution in [3.8, 4) is 11.8 Å². The number of amides is 1. The van der Waals surface area contributed by atoms with E-state index in [1.807, 2.05) is 37.3 Å². The Morgan fingerprint density at radius 3 is 2.52 bits per heavy atom. The lowest BCUT2D eigenvalue weighted by Gasteiger charge is -2.37. The molecule has 1 atom stereocenters. The quantitative estimate of drug-likeness (QED) is 0.144. The number of methoxy groups -OCH3 is 1. The number of nitrogen functional groups attached to an aromatic ring is 1. The number of esters is 1. The van der Waals surface area contributed by atoms with Crippen molar-refractivity contribution < 1.29 is 14.3 Å². The number of nitrogens with two attached hydrogens (primary N) is 1. The Balaban J connectivity index is 1.76. The van der Waals surface area contributed by atoms with Crippen LogP contribution in [-0.2, 0) is 14.3 Å². The number of quaternary nitrogens is 1. The van der Waals surface area contributed by atoms with E-state index in [2.05, 4.69) is 17.2 Å². The van der Waals surface area contributed by atoms with Gasteiger partial charge in [0.2, 0.25) is 0 Å². The Kier molecular flexibility index (Phi) is 7.86. The number of carbonyl (C=O) groups excluding carboxylic acids is 2. The molecule has 2 aromatic carbocycles. The van der Waals surface area contributed by atoms with E-state index < -0.39 is 0 Å². The van der Waals surface area contributed by atoms with Gasteiger partial charge in [-0.15, -0.1) is 0 Å². The Morgan fingerprint density at radius 1 is 1.24 bits per heavy atom. The summed E-state index contributed by atoms with van der Waals surface area (Å²) in [5, 5.41) is 10.7. The summed E-state index contributed by atoms with van der Waals surface area (Å²) in [6.45, 7) is 2.42. The first-order chi connectivity index (χ1) is 15.9. The van der Waals surface area contributed by atoms with E-state index >= 15 is 0 Å². The van der Waals surface area contributed by atoms with E-state index in [4.69, 9.17) is 15.9 Å². The van der Waals surface area contributed by atoms with Gasteiger partial charge in [-0.1, -0.05) is 11.8 Å². The summed E-state index contributed by atoms with van der Waals surface area (Å²) in [5.74, 6) is 5.91. The van der Waals surface area contributed by atoms with Gasteiger partial charge in [0, 0.05) is 41.3 Å². The molecule has 1 fully saturated rings. The van der Waals surface area contributed by atoms with Crippen LogP contribution in [-0.4, -0.2) is 44.5 Å². The van der Waals surface area contributed by atoms with Crippen LogP contribution in [0.1, 0.15) is 42.4 Å². The van der Waals surface area contributed by atoms with Crippen molar-refractivity contribution in [2.75, 3.05) is 25.5 Å². The lowest BCUT2D eigenvalue weighted by Crippen LogP contribution is -2.58. The molecule has 1 aliphatic rings. The van der Waals surface area contributed by atoms with Crippen LogP contribution in [0.4, 0.5) is 11.4 Å². The average molecular weight is 448 g/mol. The molecule has 0 radical (unpaired) electrons. The van der Waals surface area contributed by atoms with Gasteiger partial charge in [-0.25, -0.2) is 14.1 Å². The Morgan fingerprint density at radius 2 is 1.94 bits per heavy atom. The molecule has 1 saturated carbocycles.